The second-order valence-electron chi connectivity index (χ2n) is 9.08. The summed E-state index contributed by atoms with van der Waals surface area (Å²) >= 11 is 0. The number of piperidine rings is 1. The van der Waals surface area contributed by atoms with Crippen LogP contribution in [0.1, 0.15) is 39.2 Å². The lowest BCUT2D eigenvalue weighted by Gasteiger charge is -2.38. The molecule has 0 spiro atoms. The molecule has 1 N–H and O–H groups in total. The third-order valence-corrected chi connectivity index (χ3v) is 7.07. The van der Waals surface area contributed by atoms with E-state index in [1.54, 1.807) is 20.8 Å². The molecule has 9 nitrogen and oxygen atoms in total. The Morgan fingerprint density at radius 3 is 2.41 bits per heavy atom. The quantitative estimate of drug-likeness (QED) is 0.707. The number of ether oxygens (including phenoxy) is 1. The van der Waals surface area contributed by atoms with Gasteiger partial charge in [0.1, 0.15) is 17.2 Å². The molecule has 2 amide bonds. The van der Waals surface area contributed by atoms with E-state index in [0.29, 0.717) is 5.56 Å². The number of nitrogens with zero attached hydrogens (tertiary/aromatic N) is 2. The molecule has 2 aliphatic heterocycles. The number of hydrogen-bond donors (Lipinski definition) is 1. The number of rotatable bonds is 5. The fraction of sp³-hybridized carbons (Fsp3) is 0.571. The molecule has 3 rings (SSSR count). The van der Waals surface area contributed by atoms with Gasteiger partial charge in [0.2, 0.25) is 15.9 Å². The van der Waals surface area contributed by atoms with Crippen molar-refractivity contribution in [3.8, 4) is 0 Å². The van der Waals surface area contributed by atoms with E-state index < -0.39 is 39.4 Å². The molecule has 0 atom stereocenters. The second kappa shape index (κ2) is 9.14. The third-order valence-electron chi connectivity index (χ3n) is 5.22. The number of hydrogen-bond acceptors (Lipinski definition) is 6. The predicted octanol–water partition coefficient (Wildman–Crippen LogP) is 2.13. The van der Waals surface area contributed by atoms with Gasteiger partial charge in [-0.1, -0.05) is 6.07 Å². The molecular weight excluding hydrogens is 441 g/mol. The molecule has 2 saturated heterocycles. The molecule has 2 heterocycles. The van der Waals surface area contributed by atoms with Crippen LogP contribution in [-0.2, 0) is 30.1 Å². The molecule has 0 aromatic heterocycles. The summed E-state index contributed by atoms with van der Waals surface area (Å²) in [7, 11) is -3.67. The molecule has 2 fully saturated rings. The van der Waals surface area contributed by atoms with Gasteiger partial charge in [-0.15, -0.1) is 0 Å². The average molecular weight is 470 g/mol. The van der Waals surface area contributed by atoms with Crippen LogP contribution in [0.2, 0.25) is 0 Å². The van der Waals surface area contributed by atoms with Crippen molar-refractivity contribution in [2.45, 2.75) is 45.0 Å². The first-order chi connectivity index (χ1) is 14.8. The molecule has 0 unspecified atom stereocenters. The molecule has 0 aliphatic carbocycles. The maximum Gasteiger partial charge on any atom is 0.410 e. The Bertz CT molecular complexity index is 1000. The smallest absolute Gasteiger partial charge is 0.410 e. The van der Waals surface area contributed by atoms with E-state index in [-0.39, 0.29) is 56.2 Å². The molecule has 0 saturated carbocycles. The highest BCUT2D eigenvalue weighted by Gasteiger charge is 2.38. The summed E-state index contributed by atoms with van der Waals surface area (Å²) in [5.41, 5.74) is -0.437. The van der Waals surface area contributed by atoms with Crippen LogP contribution in [0.15, 0.2) is 18.2 Å². The molecule has 1 aromatic rings. The standard InChI is InChI=1S/C21H28FN3O6S/c1-21(2,3)31-20(28)24-11-15(12-24)19(27)23-18-10-14(4-5-17(18)22)13-32(29,30)25-8-6-16(26)7-9-25/h4-5,10,15H,6-9,11-13H2,1-3H3,(H,23,27). The van der Waals surface area contributed by atoms with Crippen LogP contribution >= 0.6 is 0 Å². The third kappa shape index (κ3) is 6.04. The summed E-state index contributed by atoms with van der Waals surface area (Å²) < 4.78 is 46.0. The first-order valence-corrected chi connectivity index (χ1v) is 12.0. The average Bonchev–Trinajstić information content (AvgIpc) is 2.62. The van der Waals surface area contributed by atoms with Crippen molar-refractivity contribution in [3.63, 3.8) is 0 Å². The van der Waals surface area contributed by atoms with E-state index in [2.05, 4.69) is 5.32 Å². The zero-order chi connectivity index (χ0) is 23.7. The van der Waals surface area contributed by atoms with Gasteiger partial charge in [0.15, 0.2) is 0 Å². The SMILES string of the molecule is CC(C)(C)OC(=O)N1CC(C(=O)Nc2cc(CS(=O)(=O)N3CCC(=O)CC3)ccc2F)C1. The molecule has 0 radical (unpaired) electrons. The number of anilines is 1. The van der Waals surface area contributed by atoms with Gasteiger partial charge in [-0.2, -0.15) is 0 Å². The van der Waals surface area contributed by atoms with Gasteiger partial charge < -0.3 is 15.0 Å². The molecule has 1 aromatic carbocycles. The number of benzene rings is 1. The second-order valence-corrected chi connectivity index (χ2v) is 11.0. The first-order valence-electron chi connectivity index (χ1n) is 10.4. The maximum atomic E-state index is 14.2. The zero-order valence-electron chi connectivity index (χ0n) is 18.4. The minimum atomic E-state index is -3.67. The van der Waals surface area contributed by atoms with Gasteiger partial charge >= 0.3 is 6.09 Å². The number of amides is 2. The maximum absolute atomic E-state index is 14.2. The van der Waals surface area contributed by atoms with Gasteiger partial charge in [0.05, 0.1) is 17.4 Å². The number of halogens is 1. The van der Waals surface area contributed by atoms with E-state index in [9.17, 15) is 27.2 Å². The van der Waals surface area contributed by atoms with Crippen molar-refractivity contribution < 1.29 is 31.9 Å². The van der Waals surface area contributed by atoms with E-state index in [4.69, 9.17) is 4.74 Å². The van der Waals surface area contributed by atoms with Crippen molar-refractivity contribution in [3.05, 3.63) is 29.6 Å². The van der Waals surface area contributed by atoms with Crippen molar-refractivity contribution in [2.75, 3.05) is 31.5 Å². The normalized spacial score (nSPS) is 18.2. The van der Waals surface area contributed by atoms with E-state index in [1.807, 2.05) is 0 Å². The van der Waals surface area contributed by atoms with Gasteiger partial charge in [-0.3, -0.25) is 9.59 Å². The molecule has 2 aliphatic rings. The Morgan fingerprint density at radius 1 is 1.19 bits per heavy atom. The highest BCUT2D eigenvalue weighted by Crippen LogP contribution is 2.24. The number of carbonyl (C=O) groups is 3. The largest absolute Gasteiger partial charge is 0.444 e. The van der Waals surface area contributed by atoms with Crippen LogP contribution in [0, 0.1) is 11.7 Å². The Balaban J connectivity index is 1.59. The number of sulfonamides is 1. The monoisotopic (exact) mass is 469 g/mol. The first kappa shape index (κ1) is 24.1. The van der Waals surface area contributed by atoms with Crippen LogP contribution in [0.5, 0.6) is 0 Å². The van der Waals surface area contributed by atoms with Gasteiger partial charge in [-0.05, 0) is 38.5 Å². The van der Waals surface area contributed by atoms with E-state index in [0.717, 1.165) is 6.07 Å². The minimum Gasteiger partial charge on any atom is -0.444 e. The van der Waals surface area contributed by atoms with Crippen molar-refractivity contribution in [1.29, 1.82) is 0 Å². The predicted molar refractivity (Wildman–Crippen MR) is 115 cm³/mol. The lowest BCUT2D eigenvalue weighted by Crippen LogP contribution is -2.55. The number of Topliss-reactive ketones (excluding diaryl/α,β-unsaturated/α-hetero) is 1. The molecular formula is C21H28FN3O6S. The Morgan fingerprint density at radius 2 is 1.81 bits per heavy atom. The Hall–Kier alpha value is -2.53. The summed E-state index contributed by atoms with van der Waals surface area (Å²) in [6, 6.07) is 3.75. The van der Waals surface area contributed by atoms with Crippen LogP contribution in [0.4, 0.5) is 14.9 Å². The van der Waals surface area contributed by atoms with Crippen molar-refractivity contribution >= 4 is 33.5 Å². The molecule has 176 valence electrons. The Kier molecular flexibility index (Phi) is 6.89. The summed E-state index contributed by atoms with van der Waals surface area (Å²) in [6.07, 6.45) is -0.142. The zero-order valence-corrected chi connectivity index (χ0v) is 19.2. The number of carbonyl (C=O) groups excluding carboxylic acids is 3. The lowest BCUT2D eigenvalue weighted by molar-refractivity contribution is -0.124. The fourth-order valence-corrected chi connectivity index (χ4v) is 4.95. The molecule has 11 heteroatoms. The Labute approximate surface area is 186 Å². The van der Waals surface area contributed by atoms with Gasteiger partial charge in [-0.25, -0.2) is 21.9 Å². The lowest BCUT2D eigenvalue weighted by atomic mass is 9.99. The van der Waals surface area contributed by atoms with E-state index in [1.165, 1.54) is 21.3 Å². The van der Waals surface area contributed by atoms with Crippen LogP contribution in [0.25, 0.3) is 0 Å². The van der Waals surface area contributed by atoms with Crippen molar-refractivity contribution in [1.82, 2.24) is 9.21 Å². The molecule has 32 heavy (non-hydrogen) atoms. The number of ketones is 1. The van der Waals surface area contributed by atoms with Crippen LogP contribution < -0.4 is 5.32 Å². The number of likely N-dealkylation sites (tertiary alicyclic amines) is 1. The summed E-state index contributed by atoms with van der Waals surface area (Å²) in [5, 5.41) is 2.49. The summed E-state index contributed by atoms with van der Waals surface area (Å²) in [5.74, 6) is -1.99. The van der Waals surface area contributed by atoms with Crippen LogP contribution in [0.3, 0.4) is 0 Å². The highest BCUT2D eigenvalue weighted by atomic mass is 32.2. The van der Waals surface area contributed by atoms with Crippen LogP contribution in [-0.4, -0.2) is 67.2 Å². The summed E-state index contributed by atoms with van der Waals surface area (Å²) in [6.45, 7) is 5.83. The summed E-state index contributed by atoms with van der Waals surface area (Å²) in [4.78, 5) is 37.2. The fourth-order valence-electron chi connectivity index (χ4n) is 3.43. The van der Waals surface area contributed by atoms with Crippen molar-refractivity contribution in [2.24, 2.45) is 5.92 Å². The van der Waals surface area contributed by atoms with Gasteiger partial charge in [0.25, 0.3) is 0 Å². The topological polar surface area (TPSA) is 113 Å². The molecule has 0 bridgehead atoms. The highest BCUT2D eigenvalue weighted by molar-refractivity contribution is 7.88. The minimum absolute atomic E-state index is 0.0319. The van der Waals surface area contributed by atoms with Gasteiger partial charge in [0, 0.05) is 39.0 Å². The number of nitrogens with one attached hydrogen (secondary N) is 1. The van der Waals surface area contributed by atoms with E-state index >= 15 is 0 Å².